The number of oxazole rings is 1. The van der Waals surface area contributed by atoms with Crippen molar-refractivity contribution in [3.8, 4) is 0 Å². The van der Waals surface area contributed by atoms with Gasteiger partial charge in [-0.3, -0.25) is 4.79 Å². The van der Waals surface area contributed by atoms with Crippen LogP contribution < -0.4 is 5.32 Å². The normalized spacial score (nSPS) is 17.8. The smallest absolute Gasteiger partial charge is 0.223 e. The van der Waals surface area contributed by atoms with Gasteiger partial charge >= 0.3 is 0 Å². The number of hydrogen-bond acceptors (Lipinski definition) is 5. The third-order valence-electron chi connectivity index (χ3n) is 3.60. The number of carbonyl (C=O) groups excluding carboxylic acids is 1. The van der Waals surface area contributed by atoms with Gasteiger partial charge in [-0.05, 0) is 19.8 Å². The number of aryl methyl sites for hydroxylation is 1. The molecule has 1 aromatic rings. The molecule has 0 unspecified atom stereocenters. The molecule has 0 bridgehead atoms. The van der Waals surface area contributed by atoms with Crippen LogP contribution in [0.3, 0.4) is 0 Å². The van der Waals surface area contributed by atoms with Crippen molar-refractivity contribution in [1.29, 1.82) is 0 Å². The largest absolute Gasteiger partial charge is 0.446 e. The van der Waals surface area contributed by atoms with E-state index in [1.807, 2.05) is 6.92 Å². The van der Waals surface area contributed by atoms with Crippen molar-refractivity contribution in [3.05, 3.63) is 17.8 Å². The number of rotatable bonds is 5. The summed E-state index contributed by atoms with van der Waals surface area (Å²) in [7, 11) is -3.14. The molecular formula is C13H21N3O4S. The lowest BCUT2D eigenvalue weighted by molar-refractivity contribution is -0.126. The Morgan fingerprint density at radius 2 is 2.14 bits per heavy atom. The van der Waals surface area contributed by atoms with E-state index in [9.17, 15) is 13.2 Å². The van der Waals surface area contributed by atoms with Crippen LogP contribution in [0.5, 0.6) is 0 Å². The summed E-state index contributed by atoms with van der Waals surface area (Å²) in [6.45, 7) is 3.13. The zero-order chi connectivity index (χ0) is 15.5. The van der Waals surface area contributed by atoms with Crippen molar-refractivity contribution >= 4 is 15.9 Å². The van der Waals surface area contributed by atoms with Crippen LogP contribution in [0.25, 0.3) is 0 Å². The first kappa shape index (κ1) is 16.0. The van der Waals surface area contributed by atoms with Crippen molar-refractivity contribution in [3.63, 3.8) is 0 Å². The topological polar surface area (TPSA) is 92.5 Å². The van der Waals surface area contributed by atoms with E-state index in [4.69, 9.17) is 4.42 Å². The van der Waals surface area contributed by atoms with E-state index in [0.29, 0.717) is 44.8 Å². The Labute approximate surface area is 124 Å². The quantitative estimate of drug-likeness (QED) is 0.844. The summed E-state index contributed by atoms with van der Waals surface area (Å²) >= 11 is 0. The fourth-order valence-electron chi connectivity index (χ4n) is 2.40. The summed E-state index contributed by atoms with van der Waals surface area (Å²) in [5, 5.41) is 2.86. The second-order valence-corrected chi connectivity index (χ2v) is 7.32. The zero-order valence-corrected chi connectivity index (χ0v) is 13.1. The van der Waals surface area contributed by atoms with Gasteiger partial charge in [0.25, 0.3) is 0 Å². The fraction of sp³-hybridized carbons (Fsp3) is 0.692. The summed E-state index contributed by atoms with van der Waals surface area (Å²) in [6.07, 6.45) is 4.54. The van der Waals surface area contributed by atoms with Crippen LogP contribution in [0, 0.1) is 12.8 Å². The maximum Gasteiger partial charge on any atom is 0.223 e. The van der Waals surface area contributed by atoms with Gasteiger partial charge in [0.2, 0.25) is 15.9 Å². The van der Waals surface area contributed by atoms with Gasteiger partial charge in [-0.1, -0.05) is 0 Å². The number of carbonyl (C=O) groups is 1. The molecule has 7 nitrogen and oxygen atoms in total. The average molecular weight is 315 g/mol. The molecule has 2 rings (SSSR count). The first-order valence-electron chi connectivity index (χ1n) is 7.00. The molecule has 0 aliphatic carbocycles. The number of piperidine rings is 1. The molecule has 118 valence electrons. The van der Waals surface area contributed by atoms with Crippen molar-refractivity contribution in [1.82, 2.24) is 14.6 Å². The van der Waals surface area contributed by atoms with Crippen molar-refractivity contribution in [2.75, 3.05) is 25.9 Å². The van der Waals surface area contributed by atoms with Gasteiger partial charge in [-0.2, -0.15) is 0 Å². The summed E-state index contributed by atoms with van der Waals surface area (Å²) < 4.78 is 29.6. The lowest BCUT2D eigenvalue weighted by Crippen LogP contribution is -2.42. The molecule has 0 aromatic carbocycles. The highest BCUT2D eigenvalue weighted by atomic mass is 32.2. The second kappa shape index (κ2) is 6.57. The molecule has 1 aromatic heterocycles. The first-order valence-corrected chi connectivity index (χ1v) is 8.85. The Hall–Kier alpha value is -1.41. The molecule has 1 aliphatic rings. The molecule has 0 spiro atoms. The third-order valence-corrected chi connectivity index (χ3v) is 4.90. The lowest BCUT2D eigenvalue weighted by atomic mass is 9.97. The molecule has 0 radical (unpaired) electrons. The van der Waals surface area contributed by atoms with Gasteiger partial charge in [0, 0.05) is 32.0 Å². The molecule has 1 aliphatic heterocycles. The van der Waals surface area contributed by atoms with Crippen LogP contribution in [-0.2, 0) is 21.2 Å². The highest BCUT2D eigenvalue weighted by Crippen LogP contribution is 2.19. The SMILES string of the molecule is Cc1cnc(CCNC(=O)C2CCN(S(C)(=O)=O)CC2)o1. The maximum absolute atomic E-state index is 12.0. The average Bonchev–Trinajstić information content (AvgIpc) is 2.83. The van der Waals surface area contributed by atoms with E-state index >= 15 is 0 Å². The Bertz CT molecular complexity index is 588. The van der Waals surface area contributed by atoms with Gasteiger partial charge in [0.05, 0.1) is 12.5 Å². The van der Waals surface area contributed by atoms with E-state index in [0.717, 1.165) is 5.76 Å². The Kier molecular flexibility index (Phi) is 5.00. The molecule has 1 fully saturated rings. The van der Waals surface area contributed by atoms with Crippen molar-refractivity contribution < 1.29 is 17.6 Å². The van der Waals surface area contributed by atoms with Crippen LogP contribution in [0.4, 0.5) is 0 Å². The minimum atomic E-state index is -3.14. The Morgan fingerprint density at radius 3 is 2.67 bits per heavy atom. The number of hydrogen-bond donors (Lipinski definition) is 1. The monoisotopic (exact) mass is 315 g/mol. The predicted octanol–water partition coefficient (Wildman–Crippen LogP) is 0.313. The minimum absolute atomic E-state index is 0.0218. The molecule has 1 saturated heterocycles. The summed E-state index contributed by atoms with van der Waals surface area (Å²) in [4.78, 5) is 16.1. The van der Waals surface area contributed by atoms with Crippen LogP contribution in [-0.4, -0.2) is 49.5 Å². The molecule has 0 saturated carbocycles. The number of sulfonamides is 1. The van der Waals surface area contributed by atoms with E-state index in [1.54, 1.807) is 6.20 Å². The molecule has 0 atom stereocenters. The van der Waals surface area contributed by atoms with Gasteiger partial charge in [0.1, 0.15) is 5.76 Å². The van der Waals surface area contributed by atoms with E-state index in [-0.39, 0.29) is 11.8 Å². The van der Waals surface area contributed by atoms with Gasteiger partial charge in [-0.15, -0.1) is 0 Å². The van der Waals surface area contributed by atoms with Crippen LogP contribution in [0.2, 0.25) is 0 Å². The third kappa shape index (κ3) is 4.53. The Morgan fingerprint density at radius 1 is 1.48 bits per heavy atom. The predicted molar refractivity (Wildman–Crippen MR) is 77.1 cm³/mol. The van der Waals surface area contributed by atoms with Gasteiger partial charge in [0.15, 0.2) is 5.89 Å². The highest BCUT2D eigenvalue weighted by molar-refractivity contribution is 7.88. The van der Waals surface area contributed by atoms with Crippen LogP contribution in [0.15, 0.2) is 10.6 Å². The van der Waals surface area contributed by atoms with Crippen LogP contribution >= 0.6 is 0 Å². The van der Waals surface area contributed by atoms with E-state index < -0.39 is 10.0 Å². The maximum atomic E-state index is 12.0. The number of aromatic nitrogens is 1. The zero-order valence-electron chi connectivity index (χ0n) is 12.3. The number of amides is 1. The van der Waals surface area contributed by atoms with Crippen LogP contribution in [0.1, 0.15) is 24.5 Å². The van der Waals surface area contributed by atoms with E-state index in [1.165, 1.54) is 10.6 Å². The molecule has 2 heterocycles. The van der Waals surface area contributed by atoms with E-state index in [2.05, 4.69) is 10.3 Å². The van der Waals surface area contributed by atoms with Gasteiger partial charge in [-0.25, -0.2) is 17.7 Å². The summed E-state index contributed by atoms with van der Waals surface area (Å²) in [5.41, 5.74) is 0. The molecular weight excluding hydrogens is 294 g/mol. The second-order valence-electron chi connectivity index (χ2n) is 5.34. The van der Waals surface area contributed by atoms with Crippen molar-refractivity contribution in [2.45, 2.75) is 26.2 Å². The molecule has 1 amide bonds. The van der Waals surface area contributed by atoms with Crippen molar-refractivity contribution in [2.24, 2.45) is 5.92 Å². The molecule has 21 heavy (non-hydrogen) atoms. The lowest BCUT2D eigenvalue weighted by Gasteiger charge is -2.29. The Balaban J connectivity index is 1.72. The number of nitrogens with zero attached hydrogens (tertiary/aromatic N) is 2. The highest BCUT2D eigenvalue weighted by Gasteiger charge is 2.28. The molecule has 8 heteroatoms. The minimum Gasteiger partial charge on any atom is -0.446 e. The van der Waals surface area contributed by atoms with Gasteiger partial charge < -0.3 is 9.73 Å². The molecule has 1 N–H and O–H groups in total. The first-order chi connectivity index (χ1) is 9.86. The standard InChI is InChI=1S/C13H21N3O4S/c1-10-9-15-12(20-10)3-6-14-13(17)11-4-7-16(8-5-11)21(2,18)19/h9,11H,3-8H2,1-2H3,(H,14,17). The number of nitrogens with one attached hydrogen (secondary N) is 1. The summed E-state index contributed by atoms with van der Waals surface area (Å²) in [6, 6.07) is 0. The fourth-order valence-corrected chi connectivity index (χ4v) is 3.28. The summed E-state index contributed by atoms with van der Waals surface area (Å²) in [5.74, 6) is 1.23.